The molecule has 1 amide bonds. The van der Waals surface area contributed by atoms with Crippen LogP contribution in [0.25, 0.3) is 11.0 Å². The highest BCUT2D eigenvalue weighted by molar-refractivity contribution is 5.93. The van der Waals surface area contributed by atoms with Gasteiger partial charge in [-0.3, -0.25) is 9.59 Å². The average Bonchev–Trinajstić information content (AvgIpc) is 3.05. The number of carbonyl (C=O) groups excluding carboxylic acids is 1. The molecule has 1 atom stereocenters. The molecule has 0 unspecified atom stereocenters. The summed E-state index contributed by atoms with van der Waals surface area (Å²) in [5.41, 5.74) is 3.02. The molecule has 3 aromatic rings. The van der Waals surface area contributed by atoms with Crippen LogP contribution in [-0.4, -0.2) is 38.8 Å². The van der Waals surface area contributed by atoms with Crippen molar-refractivity contribution < 1.29 is 4.79 Å². The summed E-state index contributed by atoms with van der Waals surface area (Å²) in [4.78, 5) is 37.0. The molecule has 6 nitrogen and oxygen atoms in total. The molecule has 1 aromatic carbocycles. The lowest BCUT2D eigenvalue weighted by Gasteiger charge is -2.31. The van der Waals surface area contributed by atoms with Crippen molar-refractivity contribution in [3.63, 3.8) is 0 Å². The average molecular weight is 336 g/mol. The highest BCUT2D eigenvalue weighted by Gasteiger charge is 2.28. The molecule has 0 spiro atoms. The van der Waals surface area contributed by atoms with Gasteiger partial charge in [0.1, 0.15) is 11.4 Å². The maximum atomic E-state index is 12.7. The quantitative estimate of drug-likeness (QED) is 0.754. The van der Waals surface area contributed by atoms with Crippen LogP contribution in [0.4, 0.5) is 0 Å². The van der Waals surface area contributed by atoms with Crippen LogP contribution >= 0.6 is 0 Å². The van der Waals surface area contributed by atoms with Gasteiger partial charge in [-0.25, -0.2) is 4.98 Å². The number of nitrogens with zero attached hydrogens (tertiary/aromatic N) is 2. The number of imidazole rings is 1. The molecule has 3 heterocycles. The third kappa shape index (κ3) is 2.95. The van der Waals surface area contributed by atoms with Crippen LogP contribution in [0.15, 0.2) is 41.3 Å². The van der Waals surface area contributed by atoms with E-state index in [0.29, 0.717) is 13.1 Å². The lowest BCUT2D eigenvalue weighted by molar-refractivity contribution is 0.0703. The highest BCUT2D eigenvalue weighted by atomic mass is 16.2. The van der Waals surface area contributed by atoms with Gasteiger partial charge in [0.2, 0.25) is 0 Å². The van der Waals surface area contributed by atoms with Crippen molar-refractivity contribution in [2.45, 2.75) is 25.7 Å². The second kappa shape index (κ2) is 6.20. The van der Waals surface area contributed by atoms with E-state index < -0.39 is 0 Å². The van der Waals surface area contributed by atoms with Gasteiger partial charge in [-0.15, -0.1) is 0 Å². The first-order valence-electron chi connectivity index (χ1n) is 8.55. The number of likely N-dealkylation sites (tertiary alicyclic amines) is 1. The molecule has 0 bridgehead atoms. The van der Waals surface area contributed by atoms with E-state index in [1.54, 1.807) is 17.0 Å². The number of pyridine rings is 1. The molecule has 25 heavy (non-hydrogen) atoms. The van der Waals surface area contributed by atoms with Gasteiger partial charge in [-0.2, -0.15) is 0 Å². The summed E-state index contributed by atoms with van der Waals surface area (Å²) in [5.74, 6) is 0.867. The maximum absolute atomic E-state index is 12.7. The molecule has 128 valence electrons. The van der Waals surface area contributed by atoms with Crippen LogP contribution in [0.1, 0.15) is 40.5 Å². The van der Waals surface area contributed by atoms with Crippen molar-refractivity contribution in [2.24, 2.45) is 0 Å². The third-order valence-electron chi connectivity index (χ3n) is 4.80. The van der Waals surface area contributed by atoms with E-state index in [9.17, 15) is 9.59 Å². The van der Waals surface area contributed by atoms with E-state index in [2.05, 4.69) is 23.0 Å². The Bertz CT molecular complexity index is 988. The van der Waals surface area contributed by atoms with Gasteiger partial charge < -0.3 is 14.9 Å². The number of piperidine rings is 1. The molecule has 0 aliphatic carbocycles. The van der Waals surface area contributed by atoms with Crippen LogP contribution in [0.2, 0.25) is 0 Å². The van der Waals surface area contributed by atoms with Crippen LogP contribution < -0.4 is 5.56 Å². The second-order valence-corrected chi connectivity index (χ2v) is 6.65. The van der Waals surface area contributed by atoms with Gasteiger partial charge in [0.05, 0.1) is 11.0 Å². The summed E-state index contributed by atoms with van der Waals surface area (Å²) in [7, 11) is 0. The SMILES string of the molecule is Cc1ccc2nc([C@H]3CCCN(C(=O)c4ccc[nH]c4=O)C3)[nH]c2c1. The molecular weight excluding hydrogens is 316 g/mol. The minimum Gasteiger partial charge on any atom is -0.342 e. The topological polar surface area (TPSA) is 81.8 Å². The Hall–Kier alpha value is -2.89. The van der Waals surface area contributed by atoms with Gasteiger partial charge >= 0.3 is 0 Å². The van der Waals surface area contributed by atoms with Crippen molar-refractivity contribution >= 4 is 16.9 Å². The third-order valence-corrected chi connectivity index (χ3v) is 4.80. The fraction of sp³-hybridized carbons (Fsp3) is 0.316. The number of hydrogen-bond donors (Lipinski definition) is 2. The molecule has 2 aromatic heterocycles. The van der Waals surface area contributed by atoms with E-state index >= 15 is 0 Å². The fourth-order valence-corrected chi connectivity index (χ4v) is 3.48. The predicted octanol–water partition coefficient (Wildman–Crippen LogP) is 2.58. The lowest BCUT2D eigenvalue weighted by Crippen LogP contribution is -2.41. The van der Waals surface area contributed by atoms with Gasteiger partial charge in [-0.05, 0) is 49.6 Å². The zero-order valence-corrected chi connectivity index (χ0v) is 14.1. The number of H-pyrrole nitrogens is 2. The number of hydrogen-bond acceptors (Lipinski definition) is 3. The predicted molar refractivity (Wildman–Crippen MR) is 95.8 cm³/mol. The van der Waals surface area contributed by atoms with Crippen molar-refractivity contribution in [3.05, 3.63) is 63.8 Å². The van der Waals surface area contributed by atoms with Gasteiger partial charge in [0, 0.05) is 25.2 Å². The Kier molecular flexibility index (Phi) is 3.87. The number of fused-ring (bicyclic) bond motifs is 1. The second-order valence-electron chi connectivity index (χ2n) is 6.65. The standard InChI is InChI=1S/C19H20N4O2/c1-12-6-7-15-16(10-12)22-17(21-15)13-4-3-9-23(11-13)19(25)14-5-2-8-20-18(14)24/h2,5-8,10,13H,3-4,9,11H2,1H3,(H,20,24)(H,21,22)/t13-/m0/s1. The molecule has 1 fully saturated rings. The number of aromatic nitrogens is 3. The van der Waals surface area contributed by atoms with Crippen molar-refractivity contribution in [1.29, 1.82) is 0 Å². The molecule has 1 saturated heterocycles. The number of amides is 1. The summed E-state index contributed by atoms with van der Waals surface area (Å²) in [6.07, 6.45) is 3.42. The monoisotopic (exact) mass is 336 g/mol. The summed E-state index contributed by atoms with van der Waals surface area (Å²) in [6, 6.07) is 9.40. The molecule has 6 heteroatoms. The Balaban J connectivity index is 1.59. The maximum Gasteiger partial charge on any atom is 0.260 e. The fourth-order valence-electron chi connectivity index (χ4n) is 3.48. The lowest BCUT2D eigenvalue weighted by atomic mass is 9.97. The largest absolute Gasteiger partial charge is 0.342 e. The summed E-state index contributed by atoms with van der Waals surface area (Å²) in [5, 5.41) is 0. The first-order valence-corrected chi connectivity index (χ1v) is 8.55. The normalized spacial score (nSPS) is 17.8. The molecule has 1 aliphatic heterocycles. The van der Waals surface area contributed by atoms with Gasteiger partial charge in [-0.1, -0.05) is 6.07 Å². The van der Waals surface area contributed by atoms with Crippen LogP contribution in [0.3, 0.4) is 0 Å². The minimum absolute atomic E-state index is 0.160. The summed E-state index contributed by atoms with van der Waals surface area (Å²) >= 11 is 0. The number of carbonyl (C=O) groups is 1. The van der Waals surface area contributed by atoms with Gasteiger partial charge in [0.25, 0.3) is 11.5 Å². The molecule has 4 rings (SSSR count). The number of aryl methyl sites for hydroxylation is 1. The van der Waals surface area contributed by atoms with Gasteiger partial charge in [0.15, 0.2) is 0 Å². The van der Waals surface area contributed by atoms with E-state index in [4.69, 9.17) is 4.98 Å². The number of aromatic amines is 2. The summed E-state index contributed by atoms with van der Waals surface area (Å²) < 4.78 is 0. The molecule has 2 N–H and O–H groups in total. The van der Waals surface area contributed by atoms with E-state index in [0.717, 1.165) is 29.7 Å². The minimum atomic E-state index is -0.339. The zero-order valence-electron chi connectivity index (χ0n) is 14.1. The number of benzene rings is 1. The molecule has 1 aliphatic rings. The van der Waals surface area contributed by atoms with Crippen molar-refractivity contribution in [3.8, 4) is 0 Å². The Morgan fingerprint density at radius 3 is 3.04 bits per heavy atom. The first kappa shape index (κ1) is 15.6. The smallest absolute Gasteiger partial charge is 0.260 e. The molecule has 0 saturated carbocycles. The Morgan fingerprint density at radius 1 is 1.32 bits per heavy atom. The van der Waals surface area contributed by atoms with Crippen molar-refractivity contribution in [2.75, 3.05) is 13.1 Å². The van der Waals surface area contributed by atoms with E-state index in [-0.39, 0.29) is 22.9 Å². The highest BCUT2D eigenvalue weighted by Crippen LogP contribution is 2.27. The van der Waals surface area contributed by atoms with E-state index in [1.165, 1.54) is 11.8 Å². The van der Waals surface area contributed by atoms with Crippen LogP contribution in [-0.2, 0) is 0 Å². The Labute approximate surface area is 144 Å². The molecular formula is C19H20N4O2. The van der Waals surface area contributed by atoms with E-state index in [1.807, 2.05) is 12.1 Å². The zero-order chi connectivity index (χ0) is 17.4. The number of rotatable bonds is 2. The number of nitrogens with one attached hydrogen (secondary N) is 2. The first-order chi connectivity index (χ1) is 12.1. The summed E-state index contributed by atoms with van der Waals surface area (Å²) in [6.45, 7) is 3.30. The van der Waals surface area contributed by atoms with Crippen LogP contribution in [0.5, 0.6) is 0 Å². The Morgan fingerprint density at radius 2 is 2.20 bits per heavy atom. The molecule has 0 radical (unpaired) electrons. The van der Waals surface area contributed by atoms with Crippen LogP contribution in [0, 0.1) is 6.92 Å². The van der Waals surface area contributed by atoms with Crippen molar-refractivity contribution in [1.82, 2.24) is 19.9 Å².